The van der Waals surface area contributed by atoms with Gasteiger partial charge in [-0.3, -0.25) is 9.69 Å². The summed E-state index contributed by atoms with van der Waals surface area (Å²) >= 11 is 0. The molecule has 136 valence electrons. The monoisotopic (exact) mass is 350 g/mol. The van der Waals surface area contributed by atoms with Gasteiger partial charge < -0.3 is 9.80 Å². The molecule has 2 saturated heterocycles. The van der Waals surface area contributed by atoms with Crippen LogP contribution in [0.1, 0.15) is 24.4 Å². The second-order valence-corrected chi connectivity index (χ2v) is 7.09. The van der Waals surface area contributed by atoms with Crippen molar-refractivity contribution < 1.29 is 4.79 Å². The number of carbonyl (C=O) groups is 1. The first-order chi connectivity index (χ1) is 12.8. The van der Waals surface area contributed by atoms with Gasteiger partial charge in [0, 0.05) is 38.4 Å². The average molecular weight is 350 g/mol. The number of carbonyl (C=O) groups excluding carboxylic acids is 1. The molecule has 3 heterocycles. The summed E-state index contributed by atoms with van der Waals surface area (Å²) in [6, 6.07) is 16.9. The molecule has 1 aromatic carbocycles. The van der Waals surface area contributed by atoms with E-state index in [9.17, 15) is 4.79 Å². The van der Waals surface area contributed by atoms with Crippen LogP contribution in [0.4, 0.5) is 5.82 Å². The number of nitrogens with zero attached hydrogens (tertiary/aromatic N) is 4. The minimum absolute atomic E-state index is 0.258. The Morgan fingerprint density at radius 2 is 1.73 bits per heavy atom. The van der Waals surface area contributed by atoms with Crippen molar-refractivity contribution in [3.63, 3.8) is 0 Å². The smallest absolute Gasteiger partial charge is 0.236 e. The zero-order valence-electron chi connectivity index (χ0n) is 15.1. The van der Waals surface area contributed by atoms with E-state index in [1.165, 1.54) is 12.0 Å². The number of anilines is 1. The maximum Gasteiger partial charge on any atom is 0.236 e. The number of aromatic nitrogens is 1. The maximum absolute atomic E-state index is 12.8. The topological polar surface area (TPSA) is 39.7 Å². The number of likely N-dealkylation sites (tertiary alicyclic amines) is 1. The van der Waals surface area contributed by atoms with Gasteiger partial charge in [-0.05, 0) is 37.1 Å². The van der Waals surface area contributed by atoms with E-state index in [1.54, 1.807) is 0 Å². The number of piperazine rings is 1. The number of hydrogen-bond donors (Lipinski definition) is 0. The van der Waals surface area contributed by atoms with Gasteiger partial charge in [-0.2, -0.15) is 0 Å². The van der Waals surface area contributed by atoms with E-state index < -0.39 is 0 Å². The second kappa shape index (κ2) is 7.87. The SMILES string of the molecule is O=C(CN1CCC[C@@H]1c1ccccc1)N1CCN(c2ccccn2)CC1. The van der Waals surface area contributed by atoms with E-state index in [4.69, 9.17) is 0 Å². The lowest BCUT2D eigenvalue weighted by Gasteiger charge is -2.36. The van der Waals surface area contributed by atoms with Crippen LogP contribution in [0.3, 0.4) is 0 Å². The molecule has 1 aromatic heterocycles. The van der Waals surface area contributed by atoms with Crippen LogP contribution in [0, 0.1) is 0 Å². The molecule has 5 nitrogen and oxygen atoms in total. The summed E-state index contributed by atoms with van der Waals surface area (Å²) in [6.07, 6.45) is 4.13. The molecule has 2 aliphatic rings. The number of amides is 1. The van der Waals surface area contributed by atoms with E-state index in [-0.39, 0.29) is 5.91 Å². The maximum atomic E-state index is 12.8. The molecule has 5 heteroatoms. The fourth-order valence-corrected chi connectivity index (χ4v) is 4.07. The van der Waals surface area contributed by atoms with Gasteiger partial charge in [0.05, 0.1) is 6.54 Å². The van der Waals surface area contributed by atoms with Gasteiger partial charge in [0.2, 0.25) is 5.91 Å². The number of rotatable bonds is 4. The number of hydrogen-bond acceptors (Lipinski definition) is 4. The quantitative estimate of drug-likeness (QED) is 0.850. The number of benzene rings is 1. The van der Waals surface area contributed by atoms with Gasteiger partial charge in [-0.15, -0.1) is 0 Å². The summed E-state index contributed by atoms with van der Waals surface area (Å²) < 4.78 is 0. The molecule has 4 rings (SSSR count). The van der Waals surface area contributed by atoms with Crippen LogP contribution in [0.2, 0.25) is 0 Å². The standard InChI is InChI=1S/C21H26N4O/c26-21(17-25-12-6-9-19(25)18-7-2-1-3-8-18)24-15-13-23(14-16-24)20-10-4-5-11-22-20/h1-5,7-8,10-11,19H,6,9,12-17H2/t19-/m1/s1. The van der Waals surface area contributed by atoms with Crippen molar-refractivity contribution >= 4 is 11.7 Å². The van der Waals surface area contributed by atoms with Crippen LogP contribution < -0.4 is 4.90 Å². The molecular weight excluding hydrogens is 324 g/mol. The third-order valence-electron chi connectivity index (χ3n) is 5.49. The molecule has 1 atom stereocenters. The van der Waals surface area contributed by atoms with Crippen LogP contribution >= 0.6 is 0 Å². The summed E-state index contributed by atoms with van der Waals surface area (Å²) in [5.74, 6) is 1.26. The Morgan fingerprint density at radius 3 is 2.46 bits per heavy atom. The summed E-state index contributed by atoms with van der Waals surface area (Å²) in [7, 11) is 0. The Hall–Kier alpha value is -2.40. The highest BCUT2D eigenvalue weighted by Crippen LogP contribution is 2.31. The Bertz CT molecular complexity index is 713. The summed E-state index contributed by atoms with van der Waals surface area (Å²) in [4.78, 5) is 23.9. The Morgan fingerprint density at radius 1 is 0.962 bits per heavy atom. The van der Waals surface area contributed by atoms with Gasteiger partial charge in [-0.25, -0.2) is 4.98 Å². The molecule has 2 fully saturated rings. The van der Waals surface area contributed by atoms with Crippen LogP contribution in [-0.4, -0.2) is 60.0 Å². The van der Waals surface area contributed by atoms with Crippen LogP contribution in [0.25, 0.3) is 0 Å². The molecule has 26 heavy (non-hydrogen) atoms. The second-order valence-electron chi connectivity index (χ2n) is 7.09. The van der Waals surface area contributed by atoms with Gasteiger partial charge in [0.25, 0.3) is 0 Å². The number of pyridine rings is 1. The molecule has 0 bridgehead atoms. The van der Waals surface area contributed by atoms with E-state index in [2.05, 4.69) is 45.1 Å². The molecule has 2 aliphatic heterocycles. The van der Waals surface area contributed by atoms with E-state index >= 15 is 0 Å². The van der Waals surface area contributed by atoms with Crippen molar-refractivity contribution in [2.45, 2.75) is 18.9 Å². The summed E-state index contributed by atoms with van der Waals surface area (Å²) in [5, 5.41) is 0. The third kappa shape index (κ3) is 3.73. The zero-order valence-corrected chi connectivity index (χ0v) is 15.1. The van der Waals surface area contributed by atoms with Crippen molar-refractivity contribution in [1.82, 2.24) is 14.8 Å². The Labute approximate surface area is 155 Å². The zero-order chi connectivity index (χ0) is 17.8. The molecular formula is C21H26N4O. The molecule has 0 spiro atoms. The van der Waals surface area contributed by atoms with Crippen LogP contribution in [0.5, 0.6) is 0 Å². The van der Waals surface area contributed by atoms with Crippen molar-refractivity contribution in [1.29, 1.82) is 0 Å². The van der Waals surface area contributed by atoms with Gasteiger partial charge in [-0.1, -0.05) is 36.4 Å². The first-order valence-electron chi connectivity index (χ1n) is 9.54. The lowest BCUT2D eigenvalue weighted by molar-refractivity contribution is -0.133. The van der Waals surface area contributed by atoms with Gasteiger partial charge in [0.15, 0.2) is 0 Å². The molecule has 0 saturated carbocycles. The third-order valence-corrected chi connectivity index (χ3v) is 5.49. The van der Waals surface area contributed by atoms with Gasteiger partial charge >= 0.3 is 0 Å². The molecule has 1 amide bonds. The predicted octanol–water partition coefficient (Wildman–Crippen LogP) is 2.57. The molecule has 2 aromatic rings. The van der Waals surface area contributed by atoms with Crippen molar-refractivity contribution in [3.05, 3.63) is 60.3 Å². The minimum atomic E-state index is 0.258. The van der Waals surface area contributed by atoms with Crippen LogP contribution in [-0.2, 0) is 4.79 Å². The van der Waals surface area contributed by atoms with Crippen molar-refractivity contribution in [2.24, 2.45) is 0 Å². The molecule has 0 unspecified atom stereocenters. The molecule has 0 N–H and O–H groups in total. The average Bonchev–Trinajstić information content (AvgIpc) is 3.17. The Kier molecular flexibility index (Phi) is 5.16. The van der Waals surface area contributed by atoms with Crippen molar-refractivity contribution in [2.75, 3.05) is 44.2 Å². The first kappa shape index (κ1) is 17.0. The summed E-state index contributed by atoms with van der Waals surface area (Å²) in [5.41, 5.74) is 1.33. The first-order valence-corrected chi connectivity index (χ1v) is 9.54. The highest BCUT2D eigenvalue weighted by molar-refractivity contribution is 5.78. The normalized spacial score (nSPS) is 21.2. The van der Waals surface area contributed by atoms with Crippen molar-refractivity contribution in [3.8, 4) is 0 Å². The highest BCUT2D eigenvalue weighted by atomic mass is 16.2. The fourth-order valence-electron chi connectivity index (χ4n) is 4.07. The minimum Gasteiger partial charge on any atom is -0.353 e. The van der Waals surface area contributed by atoms with Gasteiger partial charge in [0.1, 0.15) is 5.82 Å². The predicted molar refractivity (Wildman–Crippen MR) is 103 cm³/mol. The van der Waals surface area contributed by atoms with E-state index in [1.807, 2.05) is 29.3 Å². The largest absolute Gasteiger partial charge is 0.353 e. The molecule has 0 radical (unpaired) electrons. The summed E-state index contributed by atoms with van der Waals surface area (Å²) in [6.45, 7) is 4.80. The van der Waals surface area contributed by atoms with E-state index in [0.29, 0.717) is 12.6 Å². The lowest BCUT2D eigenvalue weighted by atomic mass is 10.0. The fraction of sp³-hybridized carbons (Fsp3) is 0.429. The molecule has 0 aliphatic carbocycles. The van der Waals surface area contributed by atoms with Crippen LogP contribution in [0.15, 0.2) is 54.7 Å². The van der Waals surface area contributed by atoms with E-state index in [0.717, 1.165) is 45.0 Å². The lowest BCUT2D eigenvalue weighted by Crippen LogP contribution is -2.51. The Balaban J connectivity index is 1.33. The highest BCUT2D eigenvalue weighted by Gasteiger charge is 2.30.